The third-order valence-electron chi connectivity index (χ3n) is 4.48. The van der Waals surface area contributed by atoms with Crippen molar-refractivity contribution in [3.8, 4) is 0 Å². The fourth-order valence-corrected chi connectivity index (χ4v) is 3.03. The molecule has 0 aromatic heterocycles. The minimum absolute atomic E-state index is 0.213. The van der Waals surface area contributed by atoms with E-state index in [9.17, 15) is 5.11 Å². The lowest BCUT2D eigenvalue weighted by atomic mass is 9.80. The Morgan fingerprint density at radius 2 is 1.73 bits per heavy atom. The lowest BCUT2D eigenvalue weighted by Gasteiger charge is -2.43. The molecule has 15 heavy (non-hydrogen) atoms. The first kappa shape index (κ1) is 11.4. The van der Waals surface area contributed by atoms with E-state index in [4.69, 9.17) is 0 Å². The number of nitrogens with zero attached hydrogens (tertiary/aromatic N) is 1. The van der Waals surface area contributed by atoms with Gasteiger partial charge >= 0.3 is 0 Å². The second-order valence-corrected chi connectivity index (χ2v) is 5.80. The zero-order chi connectivity index (χ0) is 10.7. The van der Waals surface area contributed by atoms with Crippen molar-refractivity contribution in [1.82, 2.24) is 4.90 Å². The van der Waals surface area contributed by atoms with Crippen LogP contribution in [0.15, 0.2) is 0 Å². The minimum Gasteiger partial charge on any atom is -0.396 e. The highest BCUT2D eigenvalue weighted by atomic mass is 16.3. The van der Waals surface area contributed by atoms with Crippen LogP contribution >= 0.6 is 0 Å². The number of aliphatic hydroxyl groups excluding tert-OH is 1. The van der Waals surface area contributed by atoms with Gasteiger partial charge in [0.05, 0.1) is 0 Å². The van der Waals surface area contributed by atoms with Crippen LogP contribution < -0.4 is 0 Å². The first-order valence-corrected chi connectivity index (χ1v) is 6.58. The molecule has 0 aromatic rings. The van der Waals surface area contributed by atoms with Crippen LogP contribution in [-0.4, -0.2) is 35.7 Å². The van der Waals surface area contributed by atoms with Crippen LogP contribution in [0.25, 0.3) is 0 Å². The van der Waals surface area contributed by atoms with Crippen molar-refractivity contribution in [3.05, 3.63) is 0 Å². The van der Waals surface area contributed by atoms with Crippen molar-refractivity contribution < 1.29 is 5.11 Å². The summed E-state index contributed by atoms with van der Waals surface area (Å²) in [5.74, 6) is 0. The summed E-state index contributed by atoms with van der Waals surface area (Å²) in [6.07, 6.45) is 9.49. The van der Waals surface area contributed by atoms with Gasteiger partial charge in [-0.15, -0.1) is 0 Å². The van der Waals surface area contributed by atoms with Gasteiger partial charge in [0, 0.05) is 12.6 Å². The van der Waals surface area contributed by atoms with Crippen molar-refractivity contribution in [2.75, 3.05) is 19.7 Å². The van der Waals surface area contributed by atoms with Crippen LogP contribution in [-0.2, 0) is 0 Å². The zero-order valence-electron chi connectivity index (χ0n) is 10.0. The van der Waals surface area contributed by atoms with Crippen LogP contribution in [0, 0.1) is 5.41 Å². The van der Waals surface area contributed by atoms with Crippen LogP contribution in [0.5, 0.6) is 0 Å². The molecule has 0 bridgehead atoms. The van der Waals surface area contributed by atoms with Crippen LogP contribution in [0.2, 0.25) is 0 Å². The first-order chi connectivity index (χ1) is 7.23. The van der Waals surface area contributed by atoms with E-state index < -0.39 is 0 Å². The van der Waals surface area contributed by atoms with Gasteiger partial charge in [0.2, 0.25) is 0 Å². The van der Waals surface area contributed by atoms with E-state index in [0.29, 0.717) is 6.61 Å². The molecule has 0 amide bonds. The van der Waals surface area contributed by atoms with E-state index in [0.717, 1.165) is 6.04 Å². The normalized spacial score (nSPS) is 29.2. The number of piperidine rings is 1. The third kappa shape index (κ3) is 2.73. The number of hydrogen-bond donors (Lipinski definition) is 1. The molecule has 0 unspecified atom stereocenters. The quantitative estimate of drug-likeness (QED) is 0.758. The highest BCUT2D eigenvalue weighted by molar-refractivity contribution is 4.85. The summed E-state index contributed by atoms with van der Waals surface area (Å²) in [4.78, 5) is 2.68. The Morgan fingerprint density at radius 1 is 1.13 bits per heavy atom. The lowest BCUT2D eigenvalue weighted by Crippen LogP contribution is -2.46. The summed E-state index contributed by atoms with van der Waals surface area (Å²) in [6.45, 7) is 5.01. The monoisotopic (exact) mass is 211 g/mol. The van der Waals surface area contributed by atoms with E-state index >= 15 is 0 Å². The van der Waals surface area contributed by atoms with Gasteiger partial charge in [0.1, 0.15) is 0 Å². The SMILES string of the molecule is CC1(CO)CCN(C2CCCCC2)CC1. The van der Waals surface area contributed by atoms with E-state index in [1.165, 1.54) is 58.0 Å². The van der Waals surface area contributed by atoms with E-state index in [-0.39, 0.29) is 5.41 Å². The summed E-state index contributed by atoms with van der Waals surface area (Å²) < 4.78 is 0. The van der Waals surface area contributed by atoms with Gasteiger partial charge in [-0.25, -0.2) is 0 Å². The van der Waals surface area contributed by atoms with Crippen molar-refractivity contribution in [2.24, 2.45) is 5.41 Å². The predicted molar refractivity (Wildman–Crippen MR) is 62.9 cm³/mol. The van der Waals surface area contributed by atoms with Crippen molar-refractivity contribution >= 4 is 0 Å². The predicted octanol–water partition coefficient (Wildman–Crippen LogP) is 2.41. The topological polar surface area (TPSA) is 23.5 Å². The second-order valence-electron chi connectivity index (χ2n) is 5.80. The van der Waals surface area contributed by atoms with Gasteiger partial charge in [-0.3, -0.25) is 0 Å². The Morgan fingerprint density at radius 3 is 2.27 bits per heavy atom. The fraction of sp³-hybridized carbons (Fsp3) is 1.00. The van der Waals surface area contributed by atoms with Gasteiger partial charge in [-0.2, -0.15) is 0 Å². The summed E-state index contributed by atoms with van der Waals surface area (Å²) in [6, 6.07) is 0.863. The summed E-state index contributed by atoms with van der Waals surface area (Å²) in [5.41, 5.74) is 0.213. The maximum atomic E-state index is 9.33. The summed E-state index contributed by atoms with van der Waals surface area (Å²) in [5, 5.41) is 9.33. The molecule has 1 aliphatic carbocycles. The molecule has 1 N–H and O–H groups in total. The molecule has 0 spiro atoms. The average Bonchev–Trinajstić information content (AvgIpc) is 2.31. The van der Waals surface area contributed by atoms with E-state index in [1.807, 2.05) is 0 Å². The molecule has 1 aliphatic heterocycles. The first-order valence-electron chi connectivity index (χ1n) is 6.58. The van der Waals surface area contributed by atoms with Gasteiger partial charge in [0.25, 0.3) is 0 Å². The Kier molecular flexibility index (Phi) is 3.68. The molecule has 2 rings (SSSR count). The molecular formula is C13H25NO. The van der Waals surface area contributed by atoms with Gasteiger partial charge < -0.3 is 10.0 Å². The molecular weight excluding hydrogens is 186 g/mol. The average molecular weight is 211 g/mol. The summed E-state index contributed by atoms with van der Waals surface area (Å²) in [7, 11) is 0. The standard InChI is InChI=1S/C13H25NO/c1-13(11-15)7-9-14(10-8-13)12-5-3-2-4-6-12/h12,15H,2-11H2,1H3. The molecule has 2 heteroatoms. The van der Waals surface area contributed by atoms with Crippen molar-refractivity contribution in [3.63, 3.8) is 0 Å². The maximum absolute atomic E-state index is 9.33. The van der Waals surface area contributed by atoms with Crippen molar-refractivity contribution in [2.45, 2.75) is 57.9 Å². The smallest absolute Gasteiger partial charge is 0.0485 e. The molecule has 2 fully saturated rings. The molecule has 0 radical (unpaired) electrons. The summed E-state index contributed by atoms with van der Waals surface area (Å²) >= 11 is 0. The molecule has 2 nitrogen and oxygen atoms in total. The number of aliphatic hydroxyl groups is 1. The number of rotatable bonds is 2. The molecule has 2 aliphatic rings. The number of hydrogen-bond acceptors (Lipinski definition) is 2. The van der Waals surface area contributed by atoms with E-state index in [2.05, 4.69) is 11.8 Å². The lowest BCUT2D eigenvalue weighted by molar-refractivity contribution is 0.0314. The van der Waals surface area contributed by atoms with Crippen LogP contribution in [0.1, 0.15) is 51.9 Å². The molecule has 1 saturated carbocycles. The Balaban J connectivity index is 1.82. The second kappa shape index (κ2) is 4.84. The third-order valence-corrected chi connectivity index (χ3v) is 4.48. The van der Waals surface area contributed by atoms with Gasteiger partial charge in [-0.1, -0.05) is 26.2 Å². The zero-order valence-corrected chi connectivity index (χ0v) is 10.0. The van der Waals surface area contributed by atoms with Gasteiger partial charge in [-0.05, 0) is 44.2 Å². The Labute approximate surface area is 93.7 Å². The minimum atomic E-state index is 0.213. The van der Waals surface area contributed by atoms with E-state index in [1.54, 1.807) is 0 Å². The van der Waals surface area contributed by atoms with Gasteiger partial charge in [0.15, 0.2) is 0 Å². The maximum Gasteiger partial charge on any atom is 0.0485 e. The Bertz CT molecular complexity index is 191. The molecule has 1 heterocycles. The molecule has 0 atom stereocenters. The largest absolute Gasteiger partial charge is 0.396 e. The highest BCUT2D eigenvalue weighted by Gasteiger charge is 2.32. The molecule has 1 saturated heterocycles. The van der Waals surface area contributed by atoms with Crippen LogP contribution in [0.3, 0.4) is 0 Å². The number of likely N-dealkylation sites (tertiary alicyclic amines) is 1. The Hall–Kier alpha value is -0.0800. The van der Waals surface area contributed by atoms with Crippen LogP contribution in [0.4, 0.5) is 0 Å². The van der Waals surface area contributed by atoms with Crippen molar-refractivity contribution in [1.29, 1.82) is 0 Å². The molecule has 0 aromatic carbocycles. The molecule has 88 valence electrons. The fourth-order valence-electron chi connectivity index (χ4n) is 3.03. The highest BCUT2D eigenvalue weighted by Crippen LogP contribution is 2.33.